The molecular weight excluding hydrogens is 398 g/mol. The van der Waals surface area contributed by atoms with Crippen molar-refractivity contribution < 1.29 is 17.9 Å². The molecule has 7 nitrogen and oxygen atoms in total. The van der Waals surface area contributed by atoms with Gasteiger partial charge >= 0.3 is 5.97 Å². The van der Waals surface area contributed by atoms with Crippen LogP contribution in [0.15, 0.2) is 58.4 Å². The van der Waals surface area contributed by atoms with E-state index in [-0.39, 0.29) is 23.9 Å². The third-order valence-corrected chi connectivity index (χ3v) is 6.57. The number of rotatable bonds is 6. The number of aromatic nitrogens is 1. The molecule has 28 heavy (non-hydrogen) atoms. The van der Waals surface area contributed by atoms with Crippen LogP contribution >= 0.6 is 11.3 Å². The molecule has 144 valence electrons. The predicted octanol–water partition coefficient (Wildman–Crippen LogP) is 2.86. The summed E-state index contributed by atoms with van der Waals surface area (Å²) in [6.45, 7) is 0.475. The van der Waals surface area contributed by atoms with Gasteiger partial charge in [0.1, 0.15) is 17.5 Å². The van der Waals surface area contributed by atoms with E-state index in [4.69, 9.17) is 4.74 Å². The minimum atomic E-state index is -3.54. The fraction of sp³-hybridized carbons (Fsp3) is 0.211. The summed E-state index contributed by atoms with van der Waals surface area (Å²) in [5, 5.41) is 0.756. The second-order valence-electron chi connectivity index (χ2n) is 6.17. The fourth-order valence-corrected chi connectivity index (χ4v) is 4.99. The molecule has 0 amide bonds. The summed E-state index contributed by atoms with van der Waals surface area (Å²) in [6, 6.07) is 14.4. The lowest BCUT2D eigenvalue weighted by Gasteiger charge is -2.02. The highest BCUT2D eigenvalue weighted by Crippen LogP contribution is 2.23. The van der Waals surface area contributed by atoms with E-state index in [0.717, 1.165) is 15.2 Å². The standard InChI is InChI=1S/C19H17N3O4S2/c23-18(26-12-17-21-14-7-2-3-8-15(14)27-17)10-5-11-20-19-13-6-1-4-9-16(13)28(24,25)22-19/h1-4,6-9H,5,10-12H2,(H,20,22). The molecule has 1 aliphatic rings. The molecule has 4 rings (SSSR count). The monoisotopic (exact) mass is 415 g/mol. The van der Waals surface area contributed by atoms with Crippen LogP contribution in [0.2, 0.25) is 0 Å². The molecule has 0 radical (unpaired) electrons. The number of benzene rings is 2. The highest BCUT2D eigenvalue weighted by molar-refractivity contribution is 7.90. The van der Waals surface area contributed by atoms with Crippen molar-refractivity contribution in [3.63, 3.8) is 0 Å². The zero-order chi connectivity index (χ0) is 19.6. The molecule has 1 aliphatic heterocycles. The van der Waals surface area contributed by atoms with Gasteiger partial charge in [-0.25, -0.2) is 13.4 Å². The lowest BCUT2D eigenvalue weighted by atomic mass is 10.2. The van der Waals surface area contributed by atoms with Crippen molar-refractivity contribution in [1.82, 2.24) is 9.71 Å². The van der Waals surface area contributed by atoms with Crippen LogP contribution in [0.25, 0.3) is 10.2 Å². The molecule has 1 N–H and O–H groups in total. The lowest BCUT2D eigenvalue weighted by Crippen LogP contribution is -2.22. The highest BCUT2D eigenvalue weighted by atomic mass is 32.2. The van der Waals surface area contributed by atoms with E-state index in [2.05, 4.69) is 14.7 Å². The number of sulfonamides is 1. The zero-order valence-electron chi connectivity index (χ0n) is 14.8. The maximum Gasteiger partial charge on any atom is 0.306 e. The number of aliphatic imine (C=N–C) groups is 1. The number of ether oxygens (including phenoxy) is 1. The van der Waals surface area contributed by atoms with Crippen molar-refractivity contribution in [2.24, 2.45) is 4.99 Å². The highest BCUT2D eigenvalue weighted by Gasteiger charge is 2.29. The Morgan fingerprint density at radius 2 is 1.93 bits per heavy atom. The van der Waals surface area contributed by atoms with Crippen LogP contribution in [0.1, 0.15) is 23.4 Å². The van der Waals surface area contributed by atoms with Crippen molar-refractivity contribution >= 4 is 43.4 Å². The van der Waals surface area contributed by atoms with E-state index >= 15 is 0 Å². The molecule has 0 aliphatic carbocycles. The van der Waals surface area contributed by atoms with Crippen LogP contribution < -0.4 is 4.72 Å². The van der Waals surface area contributed by atoms with E-state index in [0.29, 0.717) is 24.4 Å². The number of carbonyl (C=O) groups is 1. The number of para-hydroxylation sites is 1. The van der Waals surface area contributed by atoms with Gasteiger partial charge in [-0.05, 0) is 30.7 Å². The second-order valence-corrected chi connectivity index (χ2v) is 8.94. The van der Waals surface area contributed by atoms with Crippen molar-refractivity contribution in [2.75, 3.05) is 6.54 Å². The normalized spacial score (nSPS) is 16.1. The summed E-state index contributed by atoms with van der Waals surface area (Å²) in [4.78, 5) is 20.9. The summed E-state index contributed by atoms with van der Waals surface area (Å²) < 4.78 is 32.8. The Balaban J connectivity index is 1.27. The number of hydrogen-bond donors (Lipinski definition) is 1. The van der Waals surface area contributed by atoms with Crippen LogP contribution in [0.3, 0.4) is 0 Å². The minimum absolute atomic E-state index is 0.153. The SMILES string of the molecule is O=C(CCCN=C1NS(=O)(=O)c2ccccc21)OCc1nc2ccccc2s1. The molecule has 9 heteroatoms. The van der Waals surface area contributed by atoms with E-state index in [1.807, 2.05) is 24.3 Å². The molecular formula is C19H17N3O4S2. The fourth-order valence-electron chi connectivity index (χ4n) is 2.86. The van der Waals surface area contributed by atoms with Gasteiger partial charge in [-0.15, -0.1) is 11.3 Å². The molecule has 0 saturated carbocycles. The third-order valence-electron chi connectivity index (χ3n) is 4.17. The van der Waals surface area contributed by atoms with Crippen LogP contribution in [0, 0.1) is 0 Å². The second kappa shape index (κ2) is 7.69. The number of carbonyl (C=O) groups excluding carboxylic acids is 1. The van der Waals surface area contributed by atoms with Crippen molar-refractivity contribution in [3.05, 3.63) is 59.1 Å². The molecule has 3 aromatic rings. The Morgan fingerprint density at radius 3 is 2.79 bits per heavy atom. The van der Waals surface area contributed by atoms with Gasteiger partial charge in [-0.2, -0.15) is 0 Å². The summed E-state index contributed by atoms with van der Waals surface area (Å²) in [6.07, 6.45) is 0.669. The Hall–Kier alpha value is -2.78. The third kappa shape index (κ3) is 3.90. The number of esters is 1. The average molecular weight is 415 g/mol. The van der Waals surface area contributed by atoms with E-state index in [9.17, 15) is 13.2 Å². The van der Waals surface area contributed by atoms with Gasteiger partial charge in [0.25, 0.3) is 10.0 Å². The smallest absolute Gasteiger partial charge is 0.306 e. The quantitative estimate of drug-likeness (QED) is 0.493. The van der Waals surface area contributed by atoms with Gasteiger partial charge in [0.05, 0.1) is 15.1 Å². The molecule has 0 bridgehead atoms. The summed E-state index contributed by atoms with van der Waals surface area (Å²) in [5.41, 5.74) is 1.45. The first-order valence-corrected chi connectivity index (χ1v) is 11.0. The summed E-state index contributed by atoms with van der Waals surface area (Å²) >= 11 is 1.50. The number of amidine groups is 1. The average Bonchev–Trinajstić information content (AvgIpc) is 3.22. The number of nitrogens with zero attached hydrogens (tertiary/aromatic N) is 2. The first-order valence-electron chi connectivity index (χ1n) is 8.70. The Kier molecular flexibility index (Phi) is 5.10. The van der Waals surface area contributed by atoms with Gasteiger partial charge in [-0.1, -0.05) is 24.3 Å². The first kappa shape index (κ1) is 18.6. The lowest BCUT2D eigenvalue weighted by molar-refractivity contribution is -0.145. The van der Waals surface area contributed by atoms with Gasteiger partial charge in [0.2, 0.25) is 0 Å². The molecule has 2 heterocycles. The van der Waals surface area contributed by atoms with Crippen LogP contribution in [0.5, 0.6) is 0 Å². The summed E-state index contributed by atoms with van der Waals surface area (Å²) in [7, 11) is -3.54. The van der Waals surface area contributed by atoms with Gasteiger partial charge in [-0.3, -0.25) is 14.5 Å². The molecule has 2 aromatic carbocycles. The van der Waals surface area contributed by atoms with E-state index < -0.39 is 10.0 Å². The Bertz CT molecular complexity index is 1140. The van der Waals surface area contributed by atoms with Crippen LogP contribution in [-0.2, 0) is 26.2 Å². The molecule has 0 saturated heterocycles. The van der Waals surface area contributed by atoms with E-state index in [1.54, 1.807) is 24.3 Å². The van der Waals surface area contributed by atoms with Crippen LogP contribution in [0.4, 0.5) is 0 Å². The van der Waals surface area contributed by atoms with Crippen molar-refractivity contribution in [1.29, 1.82) is 0 Å². The van der Waals surface area contributed by atoms with Gasteiger partial charge < -0.3 is 4.74 Å². The number of fused-ring (bicyclic) bond motifs is 2. The molecule has 1 aromatic heterocycles. The molecule has 0 spiro atoms. The molecule has 0 atom stereocenters. The van der Waals surface area contributed by atoms with Gasteiger partial charge in [0, 0.05) is 18.5 Å². The van der Waals surface area contributed by atoms with Crippen molar-refractivity contribution in [2.45, 2.75) is 24.3 Å². The molecule has 0 fully saturated rings. The topological polar surface area (TPSA) is 97.7 Å². The maximum absolute atomic E-state index is 12.0. The first-order chi connectivity index (χ1) is 13.5. The van der Waals surface area contributed by atoms with Crippen molar-refractivity contribution in [3.8, 4) is 0 Å². The largest absolute Gasteiger partial charge is 0.458 e. The number of hydrogen-bond acceptors (Lipinski definition) is 7. The van der Waals surface area contributed by atoms with E-state index in [1.165, 1.54) is 11.3 Å². The Morgan fingerprint density at radius 1 is 1.14 bits per heavy atom. The van der Waals surface area contributed by atoms with Crippen LogP contribution in [-0.4, -0.2) is 31.8 Å². The zero-order valence-corrected chi connectivity index (χ0v) is 16.4. The maximum atomic E-state index is 12.0. The number of thiazole rings is 1. The predicted molar refractivity (Wildman–Crippen MR) is 107 cm³/mol. The molecule has 0 unspecified atom stereocenters. The summed E-state index contributed by atoms with van der Waals surface area (Å²) in [5.74, 6) is -0.00898. The minimum Gasteiger partial charge on any atom is -0.458 e. The Labute approximate surface area is 166 Å². The number of nitrogens with one attached hydrogen (secondary N) is 1. The van der Waals surface area contributed by atoms with Gasteiger partial charge in [0.15, 0.2) is 0 Å².